The molecule has 0 aliphatic heterocycles. The first-order valence-corrected chi connectivity index (χ1v) is 6.47. The molecule has 0 fully saturated rings. The number of hydrogen-bond donors (Lipinski definition) is 1. The van der Waals surface area contributed by atoms with E-state index in [0.717, 1.165) is 0 Å². The summed E-state index contributed by atoms with van der Waals surface area (Å²) in [6.45, 7) is 0.121. The molecular weight excluding hydrogens is 316 g/mol. The summed E-state index contributed by atoms with van der Waals surface area (Å²) in [5, 5.41) is 0. The van der Waals surface area contributed by atoms with Gasteiger partial charge < -0.3 is 10.5 Å². The standard InChI is InChI=1S/C14H12BrF2NO/c15-11-7-9(5-6-13(11)17)19-14(8-18)10-3-1-2-4-12(10)16/h1-7,14H,8,18H2. The summed E-state index contributed by atoms with van der Waals surface area (Å²) in [7, 11) is 0. The lowest BCUT2D eigenvalue weighted by Crippen LogP contribution is -2.19. The second kappa shape index (κ2) is 6.12. The monoisotopic (exact) mass is 327 g/mol. The highest BCUT2D eigenvalue weighted by atomic mass is 79.9. The molecule has 2 aromatic rings. The summed E-state index contributed by atoms with van der Waals surface area (Å²) in [5.74, 6) is -0.339. The van der Waals surface area contributed by atoms with E-state index in [2.05, 4.69) is 15.9 Å². The van der Waals surface area contributed by atoms with Crippen molar-refractivity contribution in [2.75, 3.05) is 6.54 Å². The first-order valence-electron chi connectivity index (χ1n) is 5.68. The maximum absolute atomic E-state index is 13.7. The van der Waals surface area contributed by atoms with Gasteiger partial charge in [0.2, 0.25) is 0 Å². The quantitative estimate of drug-likeness (QED) is 0.926. The molecule has 0 radical (unpaired) electrons. The zero-order valence-corrected chi connectivity index (χ0v) is 11.5. The van der Waals surface area contributed by atoms with Crippen molar-refractivity contribution in [1.82, 2.24) is 0 Å². The Morgan fingerprint density at radius 3 is 2.47 bits per heavy atom. The van der Waals surface area contributed by atoms with Crippen LogP contribution in [0.5, 0.6) is 5.75 Å². The van der Waals surface area contributed by atoms with Crippen LogP contribution < -0.4 is 10.5 Å². The van der Waals surface area contributed by atoms with E-state index < -0.39 is 6.10 Å². The molecule has 0 saturated heterocycles. The summed E-state index contributed by atoms with van der Waals surface area (Å²) in [5.41, 5.74) is 5.99. The van der Waals surface area contributed by atoms with Crippen molar-refractivity contribution >= 4 is 15.9 Å². The minimum atomic E-state index is -0.612. The Kier molecular flexibility index (Phi) is 4.50. The van der Waals surface area contributed by atoms with Gasteiger partial charge in [-0.25, -0.2) is 8.78 Å². The van der Waals surface area contributed by atoms with Gasteiger partial charge in [0, 0.05) is 12.1 Å². The number of hydrogen-bond acceptors (Lipinski definition) is 2. The van der Waals surface area contributed by atoms with Gasteiger partial charge in [-0.2, -0.15) is 0 Å². The summed E-state index contributed by atoms with van der Waals surface area (Å²) in [6.07, 6.45) is -0.612. The fourth-order valence-electron chi connectivity index (χ4n) is 1.69. The molecule has 2 aromatic carbocycles. The molecule has 1 atom stereocenters. The van der Waals surface area contributed by atoms with E-state index >= 15 is 0 Å². The smallest absolute Gasteiger partial charge is 0.139 e. The molecule has 0 heterocycles. The molecule has 2 N–H and O–H groups in total. The first-order chi connectivity index (χ1) is 9.11. The van der Waals surface area contributed by atoms with Gasteiger partial charge in [-0.3, -0.25) is 0 Å². The third kappa shape index (κ3) is 3.30. The van der Waals surface area contributed by atoms with E-state index in [-0.39, 0.29) is 22.7 Å². The molecule has 0 spiro atoms. The number of ether oxygens (including phenoxy) is 1. The molecule has 0 bridgehead atoms. The average Bonchev–Trinajstić information content (AvgIpc) is 2.41. The predicted octanol–water partition coefficient (Wildman–Crippen LogP) is 3.81. The van der Waals surface area contributed by atoms with Crippen LogP contribution >= 0.6 is 15.9 Å². The van der Waals surface area contributed by atoms with Crippen LogP contribution in [0.3, 0.4) is 0 Å². The van der Waals surface area contributed by atoms with E-state index in [9.17, 15) is 8.78 Å². The summed E-state index contributed by atoms with van der Waals surface area (Å²) < 4.78 is 32.7. The molecule has 100 valence electrons. The second-order valence-corrected chi connectivity index (χ2v) is 4.79. The summed E-state index contributed by atoms with van der Waals surface area (Å²) in [6, 6.07) is 10.5. The Morgan fingerprint density at radius 2 is 1.84 bits per heavy atom. The predicted molar refractivity (Wildman–Crippen MR) is 72.9 cm³/mol. The first kappa shape index (κ1) is 14.0. The molecule has 1 unspecified atom stereocenters. The van der Waals surface area contributed by atoms with E-state index in [4.69, 9.17) is 10.5 Å². The number of halogens is 3. The molecule has 0 saturated carbocycles. The van der Waals surface area contributed by atoms with Gasteiger partial charge in [-0.1, -0.05) is 18.2 Å². The molecule has 2 rings (SSSR count). The Labute approximate surface area is 118 Å². The Hall–Kier alpha value is -1.46. The number of nitrogens with two attached hydrogens (primary N) is 1. The van der Waals surface area contributed by atoms with Crippen LogP contribution in [0.15, 0.2) is 46.9 Å². The largest absolute Gasteiger partial charge is 0.484 e. The van der Waals surface area contributed by atoms with Crippen LogP contribution in [0.4, 0.5) is 8.78 Å². The van der Waals surface area contributed by atoms with Crippen LogP contribution in [-0.4, -0.2) is 6.54 Å². The van der Waals surface area contributed by atoms with Crippen LogP contribution in [0.25, 0.3) is 0 Å². The van der Waals surface area contributed by atoms with Crippen molar-refractivity contribution < 1.29 is 13.5 Å². The normalized spacial score (nSPS) is 12.2. The van der Waals surface area contributed by atoms with Gasteiger partial charge in [0.15, 0.2) is 0 Å². The van der Waals surface area contributed by atoms with E-state index in [0.29, 0.717) is 11.3 Å². The molecule has 0 aromatic heterocycles. The molecule has 2 nitrogen and oxygen atoms in total. The number of benzene rings is 2. The lowest BCUT2D eigenvalue weighted by molar-refractivity contribution is 0.208. The second-order valence-electron chi connectivity index (χ2n) is 3.94. The zero-order valence-electron chi connectivity index (χ0n) is 9.95. The van der Waals surface area contributed by atoms with Crippen molar-refractivity contribution in [2.24, 2.45) is 5.73 Å². The minimum Gasteiger partial charge on any atom is -0.484 e. The maximum Gasteiger partial charge on any atom is 0.139 e. The fraction of sp³-hybridized carbons (Fsp3) is 0.143. The van der Waals surface area contributed by atoms with Gasteiger partial charge in [-0.05, 0) is 40.2 Å². The van der Waals surface area contributed by atoms with Crippen LogP contribution in [0.2, 0.25) is 0 Å². The van der Waals surface area contributed by atoms with Crippen LogP contribution in [-0.2, 0) is 0 Å². The highest BCUT2D eigenvalue weighted by Gasteiger charge is 2.16. The highest BCUT2D eigenvalue weighted by molar-refractivity contribution is 9.10. The van der Waals surface area contributed by atoms with E-state index in [1.807, 2.05) is 0 Å². The molecular formula is C14H12BrF2NO. The molecule has 5 heteroatoms. The summed E-state index contributed by atoms with van der Waals surface area (Å²) in [4.78, 5) is 0. The fourth-order valence-corrected chi connectivity index (χ4v) is 2.05. The van der Waals surface area contributed by atoms with Crippen LogP contribution in [0, 0.1) is 11.6 Å². The van der Waals surface area contributed by atoms with Gasteiger partial charge in [0.25, 0.3) is 0 Å². The van der Waals surface area contributed by atoms with E-state index in [1.54, 1.807) is 18.2 Å². The van der Waals surface area contributed by atoms with Crippen molar-refractivity contribution in [1.29, 1.82) is 0 Å². The van der Waals surface area contributed by atoms with Crippen molar-refractivity contribution in [2.45, 2.75) is 6.10 Å². The maximum atomic E-state index is 13.7. The number of rotatable bonds is 4. The molecule has 0 aliphatic carbocycles. The van der Waals surface area contributed by atoms with Crippen molar-refractivity contribution in [3.05, 3.63) is 64.1 Å². The lowest BCUT2D eigenvalue weighted by atomic mass is 10.1. The minimum absolute atomic E-state index is 0.121. The van der Waals surface area contributed by atoms with Gasteiger partial charge in [-0.15, -0.1) is 0 Å². The van der Waals surface area contributed by atoms with Crippen molar-refractivity contribution in [3.63, 3.8) is 0 Å². The van der Waals surface area contributed by atoms with Gasteiger partial charge in [0.05, 0.1) is 4.47 Å². The molecule has 0 aliphatic rings. The SMILES string of the molecule is NCC(Oc1ccc(F)c(Br)c1)c1ccccc1F. The van der Waals surface area contributed by atoms with Gasteiger partial charge >= 0.3 is 0 Å². The van der Waals surface area contributed by atoms with Crippen molar-refractivity contribution in [3.8, 4) is 5.75 Å². The Bertz CT molecular complexity index is 577. The van der Waals surface area contributed by atoms with Gasteiger partial charge in [0.1, 0.15) is 23.5 Å². The lowest BCUT2D eigenvalue weighted by Gasteiger charge is -2.18. The third-order valence-corrected chi connectivity index (χ3v) is 3.24. The summed E-state index contributed by atoms with van der Waals surface area (Å²) >= 11 is 3.07. The molecule has 0 amide bonds. The highest BCUT2D eigenvalue weighted by Crippen LogP contribution is 2.27. The Morgan fingerprint density at radius 1 is 1.11 bits per heavy atom. The zero-order chi connectivity index (χ0) is 13.8. The third-order valence-electron chi connectivity index (χ3n) is 2.64. The van der Waals surface area contributed by atoms with E-state index in [1.165, 1.54) is 24.3 Å². The molecule has 19 heavy (non-hydrogen) atoms. The Balaban J connectivity index is 2.24. The van der Waals surface area contributed by atoms with Crippen LogP contribution in [0.1, 0.15) is 11.7 Å². The average molecular weight is 328 g/mol. The topological polar surface area (TPSA) is 35.2 Å².